The zero-order valence-electron chi connectivity index (χ0n) is 52.7. The van der Waals surface area contributed by atoms with E-state index in [4.69, 9.17) is 34.4 Å². The van der Waals surface area contributed by atoms with Crippen LogP contribution < -0.4 is 9.27 Å². The van der Waals surface area contributed by atoms with Crippen molar-refractivity contribution in [1.82, 2.24) is 14.1 Å². The number of aromatic nitrogens is 2. The number of hydrogen-bond donors (Lipinski definition) is 5. The largest absolute Gasteiger partial charge is 0.481 e. The molecule has 3 aliphatic rings. The lowest BCUT2D eigenvalue weighted by atomic mass is 9.86. The van der Waals surface area contributed by atoms with Gasteiger partial charge < -0.3 is 29.5 Å². The number of carboxylic acids is 1. The van der Waals surface area contributed by atoms with Crippen molar-refractivity contribution in [3.05, 3.63) is 153 Å². The molecule has 0 unspecified atom stereocenters. The van der Waals surface area contributed by atoms with E-state index in [-0.39, 0.29) is 52.4 Å². The van der Waals surface area contributed by atoms with E-state index >= 15 is 0 Å². The summed E-state index contributed by atoms with van der Waals surface area (Å²) >= 11 is 0. The summed E-state index contributed by atoms with van der Waals surface area (Å²) in [6.45, 7) is 17.1. The maximum absolute atomic E-state index is 14.2. The summed E-state index contributed by atoms with van der Waals surface area (Å²) in [5, 5.41) is 35.1. The molecular formula is C68H80F2N4O14S3. The second-order valence-electron chi connectivity index (χ2n) is 25.4. The van der Waals surface area contributed by atoms with Crippen LogP contribution in [0.4, 0.5) is 8.78 Å². The minimum absolute atomic E-state index is 0.0146. The Hall–Kier alpha value is -6.93. The molecule has 2 aliphatic carbocycles. The maximum Gasteiger partial charge on any atom is 0.308 e. The van der Waals surface area contributed by atoms with Gasteiger partial charge in [0.15, 0.2) is 5.79 Å². The van der Waals surface area contributed by atoms with E-state index in [0.717, 1.165) is 69.3 Å². The first-order chi connectivity index (χ1) is 42.5. The number of aliphatic hydroxyl groups excluding tert-OH is 2. The first kappa shape index (κ1) is 69.9. The second-order valence-corrected chi connectivity index (χ2v) is 30.6. The van der Waals surface area contributed by atoms with Gasteiger partial charge in [0.25, 0.3) is 10.0 Å². The Morgan fingerprint density at radius 3 is 1.68 bits per heavy atom. The number of aryl methyl sites for hydroxylation is 2. The van der Waals surface area contributed by atoms with Crippen LogP contribution in [0, 0.1) is 11.6 Å². The van der Waals surface area contributed by atoms with Crippen LogP contribution in [0.3, 0.4) is 0 Å². The van der Waals surface area contributed by atoms with Gasteiger partial charge in [-0.15, -0.1) is 4.13 Å². The zero-order valence-corrected chi connectivity index (χ0v) is 55.2. The van der Waals surface area contributed by atoms with Gasteiger partial charge >= 0.3 is 11.9 Å². The Morgan fingerprint density at radius 2 is 1.22 bits per heavy atom. The number of halogens is 2. The lowest BCUT2D eigenvalue weighted by Gasteiger charge is -2.40. The number of primary sulfonamides is 1. The molecule has 488 valence electrons. The molecule has 91 heavy (non-hydrogen) atoms. The van der Waals surface area contributed by atoms with Gasteiger partial charge in [-0.3, -0.25) is 19.6 Å². The molecule has 6 aromatic rings. The number of esters is 1. The number of rotatable bonds is 18. The fourth-order valence-electron chi connectivity index (χ4n) is 11.9. The number of nitrogens with zero attached hydrogens (tertiary/aromatic N) is 2. The van der Waals surface area contributed by atoms with Gasteiger partial charge in [0.1, 0.15) is 17.2 Å². The third kappa shape index (κ3) is 18.0. The van der Waals surface area contributed by atoms with E-state index in [2.05, 4.69) is 13.8 Å². The van der Waals surface area contributed by atoms with Crippen molar-refractivity contribution in [3.63, 3.8) is 0 Å². The number of carboxylic acid groups (broad SMARTS) is 1. The zero-order chi connectivity index (χ0) is 66.7. The first-order valence-electron chi connectivity index (χ1n) is 30.2. The average molecular weight is 1310 g/mol. The molecule has 1 fully saturated rings. The number of aliphatic hydroxyl groups is 2. The number of nitrogens with one attached hydrogen (secondary N) is 1. The highest BCUT2D eigenvalue weighted by Gasteiger charge is 2.37. The fraction of sp³-hybridized carbons (Fsp3) is 0.412. The molecule has 2 aromatic heterocycles. The molecule has 6 N–H and O–H groups in total. The summed E-state index contributed by atoms with van der Waals surface area (Å²) in [4.78, 5) is 33.7. The number of sulfonamides is 3. The van der Waals surface area contributed by atoms with Crippen LogP contribution in [0.5, 0.6) is 0 Å². The minimum Gasteiger partial charge on any atom is -0.481 e. The van der Waals surface area contributed by atoms with Gasteiger partial charge in [0.2, 0.25) is 20.0 Å². The number of carbonyl (C=O) groups excluding carboxylic acids is 1. The number of fused-ring (bicyclic) bond motifs is 6. The van der Waals surface area contributed by atoms with E-state index in [1.54, 1.807) is 52.7 Å². The topological polar surface area (TPSA) is 289 Å². The van der Waals surface area contributed by atoms with E-state index in [0.29, 0.717) is 71.4 Å². The Morgan fingerprint density at radius 1 is 0.736 bits per heavy atom. The van der Waals surface area contributed by atoms with Crippen LogP contribution in [-0.2, 0) is 79.6 Å². The van der Waals surface area contributed by atoms with Gasteiger partial charge in [-0.25, -0.2) is 39.2 Å². The average Bonchev–Trinajstić information content (AvgIpc) is 1.77. The summed E-state index contributed by atoms with van der Waals surface area (Å²) in [7, 11) is -12.4. The smallest absolute Gasteiger partial charge is 0.308 e. The number of pyridine rings is 2. The van der Waals surface area contributed by atoms with E-state index in [9.17, 15) is 53.8 Å². The molecule has 1 saturated heterocycles. The Balaban J connectivity index is 0.000000235. The van der Waals surface area contributed by atoms with Crippen LogP contribution in [0.15, 0.2) is 107 Å². The lowest BCUT2D eigenvalue weighted by molar-refractivity contribution is -0.290. The number of benzene rings is 4. The number of aliphatic carboxylic acids is 1. The lowest BCUT2D eigenvalue weighted by Crippen LogP contribution is -2.45. The molecule has 3 heterocycles. The van der Waals surface area contributed by atoms with Gasteiger partial charge in [-0.05, 0) is 178 Å². The second kappa shape index (κ2) is 28.1. The fourth-order valence-corrected chi connectivity index (χ4v) is 14.9. The third-order valence-electron chi connectivity index (χ3n) is 15.5. The third-order valence-corrected chi connectivity index (χ3v) is 19.4. The van der Waals surface area contributed by atoms with Crippen LogP contribution in [0.2, 0.25) is 0 Å². The van der Waals surface area contributed by atoms with Crippen molar-refractivity contribution in [1.29, 1.82) is 0 Å². The van der Waals surface area contributed by atoms with Crippen molar-refractivity contribution >= 4 is 54.2 Å². The van der Waals surface area contributed by atoms with Gasteiger partial charge in [-0.1, -0.05) is 88.4 Å². The maximum atomic E-state index is 14.2. The normalized spacial score (nSPS) is 17.5. The predicted molar refractivity (Wildman–Crippen MR) is 345 cm³/mol. The number of hydrogen-bond acceptors (Lipinski definition) is 15. The summed E-state index contributed by atoms with van der Waals surface area (Å²) in [5.41, 5.74) is 11.5. The van der Waals surface area contributed by atoms with Crippen molar-refractivity contribution in [3.8, 4) is 44.8 Å². The van der Waals surface area contributed by atoms with Crippen molar-refractivity contribution in [2.24, 2.45) is 5.14 Å². The highest BCUT2D eigenvalue weighted by molar-refractivity contribution is 8.04. The molecule has 4 atom stereocenters. The molecule has 0 spiro atoms. The summed E-state index contributed by atoms with van der Waals surface area (Å²) in [6.07, 6.45) is 8.59. The standard InChI is InChI=1S/C37H45FN2O6S.C31H35FN2O8S2/c1-22(2)34-30(18-16-26-19-27(45-37(6,7)44-26)20-32(41)46-36(3,4)5)33(24-11-14-25(38)15-12-24)29-10-8-9-23-13-17-28(47(39,42)43)21-31(23)35(29)40-34;1-18(2)30-26(14-12-22(35)15-23(36)16-28(37)38)29(20-7-10-21(32)11-8-20)25-6-4-5-19-9-13-24(17-27(19)31(25)33-30)44(41,42)34-43(3,39)40/h11-18,21-22,26-27H,8-10,19-20H2,1-7H3,(H2,39,42,43);7-14,17-18,22-23,34-36H,4-6,15-16H2,1-3H3,(H,37,38)/b18-16+;14-12+/t26-,27-;22-,23-/m11/s1. The molecular weight excluding hydrogens is 1230 g/mol. The first-order valence-corrected chi connectivity index (χ1v) is 35.1. The van der Waals surface area contributed by atoms with Gasteiger partial charge in [0, 0.05) is 35.1 Å². The monoisotopic (exact) mass is 1310 g/mol. The molecule has 0 amide bonds. The van der Waals surface area contributed by atoms with Crippen molar-refractivity contribution < 1.29 is 73.2 Å². The molecule has 23 heteroatoms. The number of nitrogens with two attached hydrogens (primary N) is 1. The van der Waals surface area contributed by atoms with E-state index in [1.165, 1.54) is 42.5 Å². The van der Waals surface area contributed by atoms with Gasteiger partial charge in [0.05, 0.1) is 76.1 Å². The predicted octanol–water partition coefficient (Wildman–Crippen LogP) is 11.5. The quantitative estimate of drug-likeness (QED) is 0.0500. The molecule has 4 aromatic carbocycles. The molecule has 0 radical (unpaired) electrons. The highest BCUT2D eigenvalue weighted by Crippen LogP contribution is 2.45. The summed E-state index contributed by atoms with van der Waals surface area (Å²) < 4.78 is 122. The molecule has 0 saturated carbocycles. The molecule has 0 bridgehead atoms. The Labute approximate surface area is 532 Å². The summed E-state index contributed by atoms with van der Waals surface area (Å²) in [6, 6.07) is 21.8. The highest BCUT2D eigenvalue weighted by atomic mass is 32.3. The number of carbonyl (C=O) groups is 2. The Bertz CT molecular complexity index is 4130. The van der Waals surface area contributed by atoms with Gasteiger partial charge in [-0.2, -0.15) is 0 Å². The van der Waals surface area contributed by atoms with Crippen LogP contribution in [-0.4, -0.2) is 105 Å². The van der Waals surface area contributed by atoms with Crippen LogP contribution in [0.1, 0.15) is 157 Å². The molecule has 1 aliphatic heterocycles. The Kier molecular flexibility index (Phi) is 21.6. The minimum atomic E-state index is -4.41. The molecule has 9 rings (SSSR count). The summed E-state index contributed by atoms with van der Waals surface area (Å²) in [5.74, 6) is -3.41. The van der Waals surface area contributed by atoms with E-state index in [1.807, 2.05) is 66.7 Å². The van der Waals surface area contributed by atoms with E-state index < -0.39 is 78.0 Å². The number of ether oxygens (including phenoxy) is 3. The SMILES string of the molecule is CC(C)c1nc2c(c(-c3ccc(F)cc3)c1/C=C/[C@@H](O)C[C@@H](O)CC(=O)O)CCCc1ccc(S(=O)(=O)NS(C)(=O)=O)cc1-2.CC(C)c1nc2c(c(-c3ccc(F)cc3)c1/C=C/[C@@H]1C[C@H](CC(=O)OC(C)(C)C)OC(C)(C)O1)CCCc1ccc(S(N)(=O)=O)cc1-2. The van der Waals surface area contributed by atoms with Crippen LogP contribution in [0.25, 0.3) is 56.9 Å². The molecule has 18 nitrogen and oxygen atoms in total. The van der Waals surface area contributed by atoms with Crippen LogP contribution >= 0.6 is 0 Å². The van der Waals surface area contributed by atoms with Crippen molar-refractivity contribution in [2.75, 3.05) is 6.26 Å². The van der Waals surface area contributed by atoms with Crippen molar-refractivity contribution in [2.45, 2.75) is 184 Å².